The molecule has 1 fully saturated rings. The predicted octanol–water partition coefficient (Wildman–Crippen LogP) is 3.41. The van der Waals surface area contributed by atoms with Crippen molar-refractivity contribution >= 4 is 13.9 Å². The van der Waals surface area contributed by atoms with Crippen LogP contribution in [0.1, 0.15) is 39.0 Å². The Kier molecular flexibility index (Phi) is 3.78. The molecule has 1 aliphatic carbocycles. The molecular weight excluding hydrogens is 200 g/mol. The number of carbonyl (C=O) groups excluding carboxylic acids is 1. The van der Waals surface area contributed by atoms with E-state index in [1.165, 1.54) is 0 Å². The van der Waals surface area contributed by atoms with Crippen LogP contribution >= 0.6 is 0 Å². The molecule has 0 aromatic carbocycles. The summed E-state index contributed by atoms with van der Waals surface area (Å²) >= 11 is 0. The molecule has 0 N–H and O–H groups in total. The van der Waals surface area contributed by atoms with E-state index in [0.717, 1.165) is 32.1 Å². The van der Waals surface area contributed by atoms with Crippen LogP contribution in [0.2, 0.25) is 19.6 Å². The van der Waals surface area contributed by atoms with Gasteiger partial charge in [0.1, 0.15) is 13.9 Å². The Balaban J connectivity index is 2.77. The van der Waals surface area contributed by atoms with Gasteiger partial charge in [0.2, 0.25) is 0 Å². The largest absolute Gasteiger partial charge is 0.300 e. The highest BCUT2D eigenvalue weighted by Crippen LogP contribution is 2.37. The number of rotatable bonds is 1. The third-order valence-electron chi connectivity index (χ3n) is 3.14. The lowest BCUT2D eigenvalue weighted by Gasteiger charge is -2.31. The molecule has 0 radical (unpaired) electrons. The molecule has 0 aliphatic heterocycles. The normalized spacial score (nSPS) is 20.7. The summed E-state index contributed by atoms with van der Waals surface area (Å²) in [6, 6.07) is 0. The average molecular weight is 222 g/mol. The van der Waals surface area contributed by atoms with Crippen LogP contribution in [-0.4, -0.2) is 13.9 Å². The number of hydrogen-bond donors (Lipinski definition) is 0. The molecule has 84 valence electrons. The van der Waals surface area contributed by atoms with Gasteiger partial charge in [0.15, 0.2) is 0 Å². The second-order valence-electron chi connectivity index (χ2n) is 5.67. The molecule has 15 heavy (non-hydrogen) atoms. The summed E-state index contributed by atoms with van der Waals surface area (Å²) in [5.74, 6) is 3.93. The first-order chi connectivity index (χ1) is 6.87. The Morgan fingerprint density at radius 2 is 1.80 bits per heavy atom. The van der Waals surface area contributed by atoms with Gasteiger partial charge < -0.3 is 0 Å². The Bertz CT molecular complexity index is 291. The topological polar surface area (TPSA) is 17.1 Å². The van der Waals surface area contributed by atoms with Crippen LogP contribution < -0.4 is 0 Å². The summed E-state index contributed by atoms with van der Waals surface area (Å²) in [6.45, 7) is 9.03. The first-order valence-electron chi connectivity index (χ1n) is 5.93. The van der Waals surface area contributed by atoms with Crippen molar-refractivity contribution in [3.05, 3.63) is 0 Å². The van der Waals surface area contributed by atoms with E-state index in [1.807, 2.05) is 0 Å². The van der Waals surface area contributed by atoms with E-state index in [9.17, 15) is 4.79 Å². The number of hydrogen-bond acceptors (Lipinski definition) is 1. The Hall–Kier alpha value is -0.553. The summed E-state index contributed by atoms with van der Waals surface area (Å²) < 4.78 is 0. The Labute approximate surface area is 94.7 Å². The second-order valence-corrected chi connectivity index (χ2v) is 10.4. The summed E-state index contributed by atoms with van der Waals surface area (Å²) in [4.78, 5) is 11.2. The lowest BCUT2D eigenvalue weighted by Crippen LogP contribution is -2.27. The molecule has 1 saturated carbocycles. The van der Waals surface area contributed by atoms with Crippen molar-refractivity contribution in [3.63, 3.8) is 0 Å². The molecule has 1 rings (SSSR count). The van der Waals surface area contributed by atoms with E-state index in [0.29, 0.717) is 5.78 Å². The molecule has 0 saturated heterocycles. The minimum atomic E-state index is -1.27. The quantitative estimate of drug-likeness (QED) is 0.491. The van der Waals surface area contributed by atoms with Gasteiger partial charge in [0.05, 0.1) is 0 Å². The van der Waals surface area contributed by atoms with E-state index >= 15 is 0 Å². The zero-order valence-electron chi connectivity index (χ0n) is 10.4. The minimum absolute atomic E-state index is 0.161. The fraction of sp³-hybridized carbons (Fsp3) is 0.769. The van der Waals surface area contributed by atoms with E-state index in [-0.39, 0.29) is 5.41 Å². The zero-order chi connectivity index (χ0) is 11.5. The highest BCUT2D eigenvalue weighted by molar-refractivity contribution is 6.83. The fourth-order valence-corrected chi connectivity index (χ4v) is 2.53. The van der Waals surface area contributed by atoms with Crippen molar-refractivity contribution in [2.24, 2.45) is 5.41 Å². The maximum atomic E-state index is 11.2. The van der Waals surface area contributed by atoms with Gasteiger partial charge in [0.25, 0.3) is 0 Å². The van der Waals surface area contributed by atoms with E-state index in [4.69, 9.17) is 0 Å². The fourth-order valence-electron chi connectivity index (χ4n) is 1.89. The van der Waals surface area contributed by atoms with Crippen LogP contribution in [0.3, 0.4) is 0 Å². The number of Topliss-reactive ketones (excluding diaryl/α,β-unsaturated/α-hetero) is 1. The van der Waals surface area contributed by atoms with E-state index in [1.54, 1.807) is 0 Å². The van der Waals surface area contributed by atoms with Gasteiger partial charge in [0, 0.05) is 18.3 Å². The SMILES string of the molecule is CCC1(C#C[Si](C)(C)C)CCC(=O)CC1. The highest BCUT2D eigenvalue weighted by atomic mass is 28.3. The first kappa shape index (κ1) is 12.5. The van der Waals surface area contributed by atoms with Crippen LogP contribution in [0.25, 0.3) is 0 Å². The van der Waals surface area contributed by atoms with Gasteiger partial charge in [-0.3, -0.25) is 4.79 Å². The molecule has 0 bridgehead atoms. The molecule has 0 heterocycles. The van der Waals surface area contributed by atoms with Crippen molar-refractivity contribution in [1.82, 2.24) is 0 Å². The van der Waals surface area contributed by atoms with Crippen molar-refractivity contribution in [2.45, 2.75) is 58.7 Å². The number of carbonyl (C=O) groups is 1. The van der Waals surface area contributed by atoms with Crippen LogP contribution in [0.15, 0.2) is 0 Å². The lowest BCUT2D eigenvalue weighted by molar-refractivity contribution is -0.121. The van der Waals surface area contributed by atoms with Gasteiger partial charge >= 0.3 is 0 Å². The number of ketones is 1. The molecule has 0 spiro atoms. The van der Waals surface area contributed by atoms with Crippen molar-refractivity contribution in [1.29, 1.82) is 0 Å². The second kappa shape index (κ2) is 4.53. The molecule has 1 aliphatic rings. The van der Waals surface area contributed by atoms with E-state index in [2.05, 4.69) is 38.0 Å². The van der Waals surface area contributed by atoms with Crippen molar-refractivity contribution in [3.8, 4) is 11.5 Å². The smallest absolute Gasteiger partial charge is 0.133 e. The summed E-state index contributed by atoms with van der Waals surface area (Å²) in [5, 5.41) is 0. The van der Waals surface area contributed by atoms with E-state index < -0.39 is 8.07 Å². The molecular formula is C13H22OSi. The van der Waals surface area contributed by atoms with Crippen molar-refractivity contribution < 1.29 is 4.79 Å². The molecule has 0 amide bonds. The molecule has 2 heteroatoms. The molecule has 0 unspecified atom stereocenters. The first-order valence-corrected chi connectivity index (χ1v) is 9.43. The van der Waals surface area contributed by atoms with Gasteiger partial charge in [-0.2, -0.15) is 0 Å². The molecule has 1 nitrogen and oxygen atoms in total. The minimum Gasteiger partial charge on any atom is -0.300 e. The Morgan fingerprint density at radius 1 is 1.27 bits per heavy atom. The van der Waals surface area contributed by atoms with Gasteiger partial charge in [-0.15, -0.1) is 11.5 Å². The summed E-state index contributed by atoms with van der Waals surface area (Å²) in [6.07, 6.45) is 4.56. The van der Waals surface area contributed by atoms with Gasteiger partial charge in [-0.05, 0) is 19.3 Å². The van der Waals surface area contributed by atoms with Gasteiger partial charge in [-0.1, -0.05) is 26.6 Å². The standard InChI is InChI=1S/C13H22OSi/c1-5-13(10-11-15(2,3)4)8-6-12(14)7-9-13/h5-9H2,1-4H3. The van der Waals surface area contributed by atoms with Crippen LogP contribution in [0.4, 0.5) is 0 Å². The predicted molar refractivity (Wildman–Crippen MR) is 67.3 cm³/mol. The maximum absolute atomic E-state index is 11.2. The zero-order valence-corrected chi connectivity index (χ0v) is 11.4. The monoisotopic (exact) mass is 222 g/mol. The third-order valence-corrected chi connectivity index (χ3v) is 4.02. The van der Waals surface area contributed by atoms with Crippen LogP contribution in [0, 0.1) is 16.9 Å². The highest BCUT2D eigenvalue weighted by Gasteiger charge is 2.31. The molecule has 0 aromatic heterocycles. The summed E-state index contributed by atoms with van der Waals surface area (Å²) in [7, 11) is -1.27. The maximum Gasteiger partial charge on any atom is 0.133 e. The van der Waals surface area contributed by atoms with Gasteiger partial charge in [-0.25, -0.2) is 0 Å². The molecule has 0 aromatic rings. The Morgan fingerprint density at radius 3 is 2.20 bits per heavy atom. The lowest BCUT2D eigenvalue weighted by atomic mass is 9.72. The average Bonchev–Trinajstić information content (AvgIpc) is 2.17. The van der Waals surface area contributed by atoms with Crippen molar-refractivity contribution in [2.75, 3.05) is 0 Å². The summed E-state index contributed by atoms with van der Waals surface area (Å²) in [5.41, 5.74) is 3.64. The molecule has 0 atom stereocenters. The van der Waals surface area contributed by atoms with Crippen LogP contribution in [0.5, 0.6) is 0 Å². The third kappa shape index (κ3) is 3.83. The van der Waals surface area contributed by atoms with Crippen LogP contribution in [-0.2, 0) is 4.79 Å².